The summed E-state index contributed by atoms with van der Waals surface area (Å²) in [6.07, 6.45) is 0. The number of hydrogen-bond donors (Lipinski definition) is 0. The van der Waals surface area contributed by atoms with Crippen molar-refractivity contribution in [1.82, 2.24) is 19.1 Å². The first-order valence-electron chi connectivity index (χ1n) is 10.2. The van der Waals surface area contributed by atoms with Crippen LogP contribution in [0.25, 0.3) is 17.1 Å². The molecule has 0 aliphatic carbocycles. The quantitative estimate of drug-likeness (QED) is 0.345. The van der Waals surface area contributed by atoms with Crippen LogP contribution >= 0.6 is 11.8 Å². The Kier molecular flexibility index (Phi) is 7.70. The minimum Gasteiger partial charge on any atom is -0.468 e. The number of para-hydroxylation sites is 1. The van der Waals surface area contributed by atoms with Crippen LogP contribution in [0.5, 0.6) is 0 Å². The number of thioether (sulfide) groups is 1. The lowest BCUT2D eigenvalue weighted by Crippen LogP contribution is -2.30. The minimum atomic E-state index is -3.63. The lowest BCUT2D eigenvalue weighted by Gasteiger charge is -2.19. The second kappa shape index (κ2) is 10.3. The van der Waals surface area contributed by atoms with Crippen molar-refractivity contribution in [1.29, 1.82) is 0 Å². The Morgan fingerprint density at radius 3 is 2.41 bits per heavy atom. The Bertz CT molecular complexity index is 1180. The van der Waals surface area contributed by atoms with Crippen LogP contribution in [0.2, 0.25) is 0 Å². The number of rotatable bonds is 9. The van der Waals surface area contributed by atoms with Crippen molar-refractivity contribution in [2.24, 2.45) is 0 Å². The van der Waals surface area contributed by atoms with Crippen LogP contribution in [-0.4, -0.2) is 58.9 Å². The summed E-state index contributed by atoms with van der Waals surface area (Å²) in [5.74, 6) is 0.110. The van der Waals surface area contributed by atoms with Crippen molar-refractivity contribution in [3.05, 3.63) is 54.6 Å². The number of nitrogens with zero attached hydrogens (tertiary/aromatic N) is 4. The summed E-state index contributed by atoms with van der Waals surface area (Å²) in [5, 5.41) is 8.64. The van der Waals surface area contributed by atoms with E-state index in [9.17, 15) is 13.2 Å². The molecule has 170 valence electrons. The molecular formula is C22H26N4O4S2. The molecule has 0 spiro atoms. The maximum Gasteiger partial charge on any atom is 0.318 e. The molecule has 0 radical (unpaired) electrons. The van der Waals surface area contributed by atoms with E-state index in [0.29, 0.717) is 29.6 Å². The SMILES string of the molecule is CCN(CC)S(=O)(=O)c1cccc(-c2nnc(S[C@@H](C)C(=O)OC)n2-c2ccccc2)c1. The predicted molar refractivity (Wildman–Crippen MR) is 124 cm³/mol. The first-order chi connectivity index (χ1) is 15.3. The predicted octanol–water partition coefficient (Wildman–Crippen LogP) is 3.62. The molecule has 0 fully saturated rings. The van der Waals surface area contributed by atoms with Gasteiger partial charge < -0.3 is 4.74 Å². The van der Waals surface area contributed by atoms with E-state index in [1.54, 1.807) is 31.2 Å². The van der Waals surface area contributed by atoms with E-state index >= 15 is 0 Å². The van der Waals surface area contributed by atoms with E-state index in [1.807, 2.05) is 48.7 Å². The molecule has 0 unspecified atom stereocenters. The third kappa shape index (κ3) is 4.87. The zero-order valence-electron chi connectivity index (χ0n) is 18.4. The molecule has 0 aliphatic heterocycles. The van der Waals surface area contributed by atoms with Gasteiger partial charge in [-0.25, -0.2) is 8.42 Å². The summed E-state index contributed by atoms with van der Waals surface area (Å²) in [5.41, 5.74) is 1.40. The van der Waals surface area contributed by atoms with Crippen LogP contribution in [0.4, 0.5) is 0 Å². The van der Waals surface area contributed by atoms with Crippen molar-refractivity contribution in [3.63, 3.8) is 0 Å². The Morgan fingerprint density at radius 2 is 1.78 bits per heavy atom. The Hall–Kier alpha value is -2.69. The van der Waals surface area contributed by atoms with Gasteiger partial charge in [0.2, 0.25) is 10.0 Å². The summed E-state index contributed by atoms with van der Waals surface area (Å²) < 4.78 is 34.1. The van der Waals surface area contributed by atoms with Gasteiger partial charge in [0.15, 0.2) is 11.0 Å². The van der Waals surface area contributed by atoms with Gasteiger partial charge >= 0.3 is 5.97 Å². The molecule has 1 atom stereocenters. The number of benzene rings is 2. The number of methoxy groups -OCH3 is 1. The highest BCUT2D eigenvalue weighted by atomic mass is 32.2. The fourth-order valence-corrected chi connectivity index (χ4v) is 5.62. The molecule has 1 heterocycles. The summed E-state index contributed by atoms with van der Waals surface area (Å²) in [7, 11) is -2.28. The Labute approximate surface area is 192 Å². The van der Waals surface area contributed by atoms with Crippen molar-refractivity contribution >= 4 is 27.8 Å². The molecule has 3 aromatic rings. The van der Waals surface area contributed by atoms with E-state index in [2.05, 4.69) is 10.2 Å². The summed E-state index contributed by atoms with van der Waals surface area (Å²) in [4.78, 5) is 12.1. The summed E-state index contributed by atoms with van der Waals surface area (Å²) in [6, 6.07) is 16.1. The molecular weight excluding hydrogens is 448 g/mol. The number of ether oxygens (including phenoxy) is 1. The molecule has 3 rings (SSSR count). The molecule has 0 aliphatic rings. The third-order valence-electron chi connectivity index (χ3n) is 4.90. The molecule has 0 bridgehead atoms. The van der Waals surface area contributed by atoms with Crippen molar-refractivity contribution in [2.45, 2.75) is 36.1 Å². The van der Waals surface area contributed by atoms with Crippen molar-refractivity contribution < 1.29 is 17.9 Å². The highest BCUT2D eigenvalue weighted by molar-refractivity contribution is 8.00. The van der Waals surface area contributed by atoms with Crippen LogP contribution in [0.15, 0.2) is 64.6 Å². The van der Waals surface area contributed by atoms with Crippen LogP contribution in [-0.2, 0) is 19.6 Å². The average Bonchev–Trinajstić information content (AvgIpc) is 3.23. The van der Waals surface area contributed by atoms with E-state index < -0.39 is 15.3 Å². The molecule has 0 saturated carbocycles. The number of carbonyl (C=O) groups is 1. The van der Waals surface area contributed by atoms with Gasteiger partial charge in [-0.05, 0) is 31.2 Å². The maximum absolute atomic E-state index is 13.0. The molecule has 2 aromatic carbocycles. The van der Waals surface area contributed by atoms with Gasteiger partial charge in [-0.3, -0.25) is 9.36 Å². The Morgan fingerprint density at radius 1 is 1.09 bits per heavy atom. The molecule has 8 nitrogen and oxygen atoms in total. The highest BCUT2D eigenvalue weighted by Crippen LogP contribution is 2.31. The van der Waals surface area contributed by atoms with Gasteiger partial charge in [0, 0.05) is 24.3 Å². The van der Waals surface area contributed by atoms with Gasteiger partial charge in [-0.2, -0.15) is 4.31 Å². The number of carbonyl (C=O) groups excluding carboxylic acids is 1. The first kappa shape index (κ1) is 24.0. The third-order valence-corrected chi connectivity index (χ3v) is 7.97. The lowest BCUT2D eigenvalue weighted by molar-refractivity contribution is -0.139. The monoisotopic (exact) mass is 474 g/mol. The van der Waals surface area contributed by atoms with Crippen LogP contribution in [0.1, 0.15) is 20.8 Å². The van der Waals surface area contributed by atoms with E-state index in [0.717, 1.165) is 5.69 Å². The van der Waals surface area contributed by atoms with Crippen LogP contribution in [0.3, 0.4) is 0 Å². The van der Waals surface area contributed by atoms with Crippen molar-refractivity contribution in [3.8, 4) is 17.1 Å². The van der Waals surface area contributed by atoms with Gasteiger partial charge in [-0.15, -0.1) is 10.2 Å². The van der Waals surface area contributed by atoms with Crippen LogP contribution in [0, 0.1) is 0 Å². The van der Waals surface area contributed by atoms with Gasteiger partial charge in [0.05, 0.1) is 12.0 Å². The zero-order chi connectivity index (χ0) is 23.3. The topological polar surface area (TPSA) is 94.4 Å². The summed E-state index contributed by atoms with van der Waals surface area (Å²) >= 11 is 1.22. The van der Waals surface area contributed by atoms with Crippen molar-refractivity contribution in [2.75, 3.05) is 20.2 Å². The number of aromatic nitrogens is 3. The molecule has 10 heteroatoms. The second-order valence-electron chi connectivity index (χ2n) is 6.88. The maximum atomic E-state index is 13.0. The smallest absolute Gasteiger partial charge is 0.318 e. The largest absolute Gasteiger partial charge is 0.468 e. The second-order valence-corrected chi connectivity index (χ2v) is 10.1. The minimum absolute atomic E-state index is 0.193. The number of sulfonamides is 1. The van der Waals surface area contributed by atoms with Gasteiger partial charge in [-0.1, -0.05) is 55.9 Å². The zero-order valence-corrected chi connectivity index (χ0v) is 20.1. The standard InChI is InChI=1S/C22H26N4O4S2/c1-5-25(6-2)32(28,29)19-14-10-11-17(15-19)20-23-24-22(31-16(3)21(27)30-4)26(20)18-12-8-7-9-13-18/h7-16H,5-6H2,1-4H3/t16-/m0/s1. The summed E-state index contributed by atoms with van der Waals surface area (Å²) in [6.45, 7) is 6.12. The highest BCUT2D eigenvalue weighted by Gasteiger charge is 2.25. The molecule has 1 aromatic heterocycles. The number of hydrogen-bond acceptors (Lipinski definition) is 7. The first-order valence-corrected chi connectivity index (χ1v) is 12.5. The molecule has 0 N–H and O–H groups in total. The van der Waals surface area contributed by atoms with E-state index in [4.69, 9.17) is 4.74 Å². The van der Waals surface area contributed by atoms with Gasteiger partial charge in [0.25, 0.3) is 0 Å². The lowest BCUT2D eigenvalue weighted by atomic mass is 10.2. The molecule has 0 saturated heterocycles. The fraction of sp³-hybridized carbons (Fsp3) is 0.318. The number of esters is 1. The molecule has 0 amide bonds. The molecule has 32 heavy (non-hydrogen) atoms. The van der Waals surface area contributed by atoms with Crippen LogP contribution < -0.4 is 0 Å². The average molecular weight is 475 g/mol. The van der Waals surface area contributed by atoms with E-state index in [-0.39, 0.29) is 10.9 Å². The fourth-order valence-electron chi connectivity index (χ4n) is 3.22. The van der Waals surface area contributed by atoms with Gasteiger partial charge in [0.1, 0.15) is 5.25 Å². The normalized spacial score (nSPS) is 12.7. The Balaban J connectivity index is 2.12. The van der Waals surface area contributed by atoms with E-state index in [1.165, 1.54) is 23.2 Å².